The average Bonchev–Trinajstić information content (AvgIpc) is 2.84. The van der Waals surface area contributed by atoms with Crippen LogP contribution < -0.4 is 0 Å². The van der Waals surface area contributed by atoms with Crippen molar-refractivity contribution in [3.05, 3.63) is 67.2 Å². The summed E-state index contributed by atoms with van der Waals surface area (Å²) < 4.78 is 0.782. The van der Waals surface area contributed by atoms with Crippen molar-refractivity contribution in [3.63, 3.8) is 0 Å². The van der Waals surface area contributed by atoms with Gasteiger partial charge >= 0.3 is 0 Å². The Balaban J connectivity index is 2.21. The molecule has 0 spiro atoms. The average molecular weight is 403 g/mol. The highest BCUT2D eigenvalue weighted by molar-refractivity contribution is 9.10. The van der Waals surface area contributed by atoms with Gasteiger partial charge in [-0.05, 0) is 30.3 Å². The molecule has 0 atom stereocenters. The molecule has 3 rings (SSSR count). The lowest BCUT2D eigenvalue weighted by Crippen LogP contribution is -2.01. The quantitative estimate of drug-likeness (QED) is 0.514. The summed E-state index contributed by atoms with van der Waals surface area (Å²) in [5.41, 5.74) is 1.59. The molecule has 0 aliphatic rings. The number of nitrogens with one attached hydrogen (secondary N) is 1. The Morgan fingerprint density at radius 1 is 1.00 bits per heavy atom. The molecule has 0 aliphatic carbocycles. The van der Waals surface area contributed by atoms with Gasteiger partial charge in [0.1, 0.15) is 0 Å². The molecule has 6 heteroatoms. The maximum Gasteiger partial charge on any atom is 0.196 e. The number of rotatable bonds is 2. The van der Waals surface area contributed by atoms with Crippen LogP contribution >= 0.6 is 50.7 Å². The van der Waals surface area contributed by atoms with Crippen molar-refractivity contribution in [2.45, 2.75) is 0 Å². The van der Waals surface area contributed by atoms with Gasteiger partial charge in [-0.15, -0.1) is 0 Å². The second-order valence-corrected chi connectivity index (χ2v) is 6.63. The lowest BCUT2D eigenvalue weighted by Gasteiger charge is -2.04. The fraction of sp³-hybridized carbons (Fsp3) is 0. The maximum absolute atomic E-state index is 12.7. The molecule has 3 aromatic rings. The standard InChI is InChI=1S/C15H7BrCl3NO/c16-7-1-2-11(18)9(3-7)15(21)10-6-20-13-5-8(17)4-12(19)14(10)13/h1-6,20H. The van der Waals surface area contributed by atoms with Gasteiger partial charge in [0.05, 0.1) is 10.0 Å². The van der Waals surface area contributed by atoms with Crippen LogP contribution in [-0.4, -0.2) is 10.8 Å². The Kier molecular flexibility index (Phi) is 4.02. The number of carbonyl (C=O) groups excluding carboxylic acids is 1. The Labute approximate surface area is 144 Å². The Bertz CT molecular complexity index is 873. The van der Waals surface area contributed by atoms with Gasteiger partial charge in [0.25, 0.3) is 0 Å². The number of hydrogen-bond acceptors (Lipinski definition) is 1. The minimum Gasteiger partial charge on any atom is -0.360 e. The second kappa shape index (κ2) is 5.65. The highest BCUT2D eigenvalue weighted by atomic mass is 79.9. The van der Waals surface area contributed by atoms with Crippen LogP contribution in [0.2, 0.25) is 15.1 Å². The summed E-state index contributed by atoms with van der Waals surface area (Å²) in [5.74, 6) is -0.197. The first-order valence-corrected chi connectivity index (χ1v) is 7.86. The maximum atomic E-state index is 12.7. The fourth-order valence-electron chi connectivity index (χ4n) is 2.18. The van der Waals surface area contributed by atoms with Crippen molar-refractivity contribution in [1.29, 1.82) is 0 Å². The molecule has 0 aliphatic heterocycles. The molecule has 21 heavy (non-hydrogen) atoms. The summed E-state index contributed by atoms with van der Waals surface area (Å²) in [6.45, 7) is 0. The van der Waals surface area contributed by atoms with E-state index in [0.29, 0.717) is 37.1 Å². The van der Waals surface area contributed by atoms with E-state index in [9.17, 15) is 4.79 Å². The third-order valence-corrected chi connectivity index (χ3v) is 4.45. The molecule has 0 saturated carbocycles. The molecule has 106 valence electrons. The van der Waals surface area contributed by atoms with E-state index >= 15 is 0 Å². The molecule has 0 bridgehead atoms. The lowest BCUT2D eigenvalue weighted by molar-refractivity contribution is 0.104. The smallest absolute Gasteiger partial charge is 0.196 e. The Hall–Kier alpha value is -1.000. The highest BCUT2D eigenvalue weighted by Crippen LogP contribution is 2.33. The Morgan fingerprint density at radius 3 is 2.52 bits per heavy atom. The molecular weight excluding hydrogens is 396 g/mol. The molecule has 2 aromatic carbocycles. The minimum atomic E-state index is -0.197. The van der Waals surface area contributed by atoms with Gasteiger partial charge in [-0.25, -0.2) is 0 Å². The summed E-state index contributed by atoms with van der Waals surface area (Å²) in [4.78, 5) is 15.7. The van der Waals surface area contributed by atoms with Crippen LogP contribution in [0.5, 0.6) is 0 Å². The van der Waals surface area contributed by atoms with Crippen LogP contribution in [0.25, 0.3) is 10.9 Å². The predicted molar refractivity (Wildman–Crippen MR) is 90.9 cm³/mol. The number of halogens is 4. The number of carbonyl (C=O) groups is 1. The molecule has 1 aromatic heterocycles. The van der Waals surface area contributed by atoms with E-state index in [2.05, 4.69) is 20.9 Å². The van der Waals surface area contributed by atoms with E-state index in [-0.39, 0.29) is 5.78 Å². The van der Waals surface area contributed by atoms with Crippen LogP contribution in [0.1, 0.15) is 15.9 Å². The third-order valence-electron chi connectivity index (χ3n) is 3.11. The number of benzene rings is 2. The molecule has 1 heterocycles. The molecule has 0 unspecified atom stereocenters. The van der Waals surface area contributed by atoms with Crippen molar-refractivity contribution >= 4 is 67.4 Å². The zero-order chi connectivity index (χ0) is 15.1. The van der Waals surface area contributed by atoms with E-state index < -0.39 is 0 Å². The van der Waals surface area contributed by atoms with Crippen LogP contribution in [0, 0.1) is 0 Å². The van der Waals surface area contributed by atoms with Crippen LogP contribution in [0.4, 0.5) is 0 Å². The van der Waals surface area contributed by atoms with Gasteiger partial charge in [0.15, 0.2) is 5.78 Å². The van der Waals surface area contributed by atoms with Crippen LogP contribution in [0.15, 0.2) is 41.0 Å². The molecular formula is C15H7BrCl3NO. The molecule has 0 amide bonds. The zero-order valence-corrected chi connectivity index (χ0v) is 14.2. The van der Waals surface area contributed by atoms with Gasteiger partial charge in [-0.2, -0.15) is 0 Å². The van der Waals surface area contributed by atoms with Gasteiger partial charge < -0.3 is 4.98 Å². The molecule has 0 fully saturated rings. The molecule has 2 nitrogen and oxygen atoms in total. The van der Waals surface area contributed by atoms with Crippen molar-refractivity contribution in [3.8, 4) is 0 Å². The van der Waals surface area contributed by atoms with Crippen molar-refractivity contribution in [2.24, 2.45) is 0 Å². The number of aromatic amines is 1. The first kappa shape index (κ1) is 14.9. The predicted octanol–water partition coefficient (Wildman–Crippen LogP) is 6.12. The van der Waals surface area contributed by atoms with Crippen molar-refractivity contribution in [1.82, 2.24) is 4.98 Å². The van der Waals surface area contributed by atoms with Crippen LogP contribution in [0.3, 0.4) is 0 Å². The summed E-state index contributed by atoms with van der Waals surface area (Å²) in [6.07, 6.45) is 1.62. The molecule has 0 saturated heterocycles. The first-order valence-electron chi connectivity index (χ1n) is 5.93. The lowest BCUT2D eigenvalue weighted by atomic mass is 10.0. The largest absolute Gasteiger partial charge is 0.360 e. The topological polar surface area (TPSA) is 32.9 Å². The number of H-pyrrole nitrogens is 1. The van der Waals surface area contributed by atoms with Crippen molar-refractivity contribution in [2.75, 3.05) is 0 Å². The van der Waals surface area contributed by atoms with Gasteiger partial charge in [0, 0.05) is 37.7 Å². The number of aromatic nitrogens is 1. The van der Waals surface area contributed by atoms with Crippen molar-refractivity contribution < 1.29 is 4.79 Å². The fourth-order valence-corrected chi connectivity index (χ4v) is 3.34. The Morgan fingerprint density at radius 2 is 1.76 bits per heavy atom. The van der Waals surface area contributed by atoms with E-state index in [1.54, 1.807) is 36.5 Å². The first-order chi connectivity index (χ1) is 9.97. The molecule has 1 N–H and O–H groups in total. The SMILES string of the molecule is O=C(c1cc(Br)ccc1Cl)c1c[nH]c2cc(Cl)cc(Cl)c12. The number of hydrogen-bond donors (Lipinski definition) is 1. The minimum absolute atomic E-state index is 0.197. The zero-order valence-electron chi connectivity index (χ0n) is 10.4. The van der Waals surface area contributed by atoms with E-state index in [1.165, 1.54) is 0 Å². The van der Waals surface area contributed by atoms with E-state index in [4.69, 9.17) is 34.8 Å². The van der Waals surface area contributed by atoms with Crippen LogP contribution in [-0.2, 0) is 0 Å². The third kappa shape index (κ3) is 2.71. The number of ketones is 1. The highest BCUT2D eigenvalue weighted by Gasteiger charge is 2.19. The summed E-state index contributed by atoms with van der Waals surface area (Å²) in [5, 5.41) is 1.96. The van der Waals surface area contributed by atoms with Gasteiger partial charge in [-0.3, -0.25) is 4.79 Å². The number of fused-ring (bicyclic) bond motifs is 1. The normalized spacial score (nSPS) is 11.0. The van der Waals surface area contributed by atoms with Gasteiger partial charge in [-0.1, -0.05) is 50.7 Å². The van der Waals surface area contributed by atoms with E-state index in [1.807, 2.05) is 0 Å². The summed E-state index contributed by atoms with van der Waals surface area (Å²) in [6, 6.07) is 8.47. The summed E-state index contributed by atoms with van der Waals surface area (Å²) >= 11 is 21.6. The summed E-state index contributed by atoms with van der Waals surface area (Å²) in [7, 11) is 0. The monoisotopic (exact) mass is 401 g/mol. The molecule has 0 radical (unpaired) electrons. The van der Waals surface area contributed by atoms with E-state index in [0.717, 1.165) is 4.47 Å². The van der Waals surface area contributed by atoms with Gasteiger partial charge in [0.2, 0.25) is 0 Å². The second-order valence-electron chi connectivity index (χ2n) is 4.47.